The van der Waals surface area contributed by atoms with Crippen LogP contribution in [0, 0.1) is 0 Å². The molecule has 5 rings (SSSR count). The third kappa shape index (κ3) is 1.82. The Bertz CT molecular complexity index is 1030. The van der Waals surface area contributed by atoms with Gasteiger partial charge < -0.3 is 0 Å². The molecule has 0 aliphatic carbocycles. The van der Waals surface area contributed by atoms with E-state index in [4.69, 9.17) is 0 Å². The quantitative estimate of drug-likeness (QED) is 0.616. The standard InChI is InChI=1S/C23H17NO/c1-23-15-19(16-9-3-2-4-10-16)17-11-6-8-14-21(17)24(23)22(25)18-12-5-7-13-20(18)23/h2-15H,1H3. The highest BCUT2D eigenvalue weighted by molar-refractivity contribution is 6.15. The first-order valence-corrected chi connectivity index (χ1v) is 8.52. The van der Waals surface area contributed by atoms with Crippen LogP contribution in [0.25, 0.3) is 5.57 Å². The SMILES string of the molecule is CC12C=C(c3ccccc3)c3ccccc3N1C(=O)c1ccccc12. The number of nitrogens with zero attached hydrogens (tertiary/aromatic N) is 1. The second kappa shape index (κ2) is 4.93. The maximum Gasteiger partial charge on any atom is 0.259 e. The van der Waals surface area contributed by atoms with E-state index in [0.717, 1.165) is 22.4 Å². The molecule has 0 aromatic heterocycles. The molecular formula is C23H17NO. The first-order valence-electron chi connectivity index (χ1n) is 8.52. The molecule has 3 aromatic rings. The van der Waals surface area contributed by atoms with Crippen LogP contribution in [-0.4, -0.2) is 5.91 Å². The van der Waals surface area contributed by atoms with Crippen molar-refractivity contribution in [3.8, 4) is 0 Å². The molecule has 1 unspecified atom stereocenters. The van der Waals surface area contributed by atoms with Gasteiger partial charge in [-0.25, -0.2) is 0 Å². The van der Waals surface area contributed by atoms with Gasteiger partial charge in [0.15, 0.2) is 0 Å². The Kier molecular flexibility index (Phi) is 2.81. The number of para-hydroxylation sites is 1. The zero-order chi connectivity index (χ0) is 17.0. The molecule has 0 radical (unpaired) electrons. The van der Waals surface area contributed by atoms with E-state index in [1.54, 1.807) is 0 Å². The van der Waals surface area contributed by atoms with Crippen LogP contribution in [0.15, 0.2) is 84.9 Å². The summed E-state index contributed by atoms with van der Waals surface area (Å²) in [6.45, 7) is 2.13. The van der Waals surface area contributed by atoms with Crippen LogP contribution in [-0.2, 0) is 5.54 Å². The Balaban J connectivity index is 1.85. The second-order valence-corrected chi connectivity index (χ2v) is 6.77. The lowest BCUT2D eigenvalue weighted by molar-refractivity contribution is 0.0985. The predicted octanol–water partition coefficient (Wildman–Crippen LogP) is 5.01. The van der Waals surface area contributed by atoms with Crippen LogP contribution >= 0.6 is 0 Å². The van der Waals surface area contributed by atoms with Crippen LogP contribution in [0.3, 0.4) is 0 Å². The highest BCUT2D eigenvalue weighted by Crippen LogP contribution is 2.50. The topological polar surface area (TPSA) is 20.3 Å². The van der Waals surface area contributed by atoms with Gasteiger partial charge in [-0.15, -0.1) is 0 Å². The maximum atomic E-state index is 13.1. The smallest absolute Gasteiger partial charge is 0.259 e. The van der Waals surface area contributed by atoms with E-state index >= 15 is 0 Å². The monoisotopic (exact) mass is 323 g/mol. The van der Waals surface area contributed by atoms with E-state index < -0.39 is 5.54 Å². The van der Waals surface area contributed by atoms with Crippen molar-refractivity contribution in [1.29, 1.82) is 0 Å². The highest BCUT2D eigenvalue weighted by atomic mass is 16.2. The molecule has 0 fully saturated rings. The van der Waals surface area contributed by atoms with Crippen molar-refractivity contribution in [3.05, 3.63) is 107 Å². The van der Waals surface area contributed by atoms with Gasteiger partial charge in [0.25, 0.3) is 5.91 Å². The molecule has 3 aromatic carbocycles. The predicted molar refractivity (Wildman–Crippen MR) is 101 cm³/mol. The van der Waals surface area contributed by atoms with E-state index in [0.29, 0.717) is 0 Å². The fourth-order valence-electron chi connectivity index (χ4n) is 4.18. The number of anilines is 1. The number of carbonyl (C=O) groups is 1. The first kappa shape index (κ1) is 14.2. The summed E-state index contributed by atoms with van der Waals surface area (Å²) in [5.41, 5.74) is 5.84. The summed E-state index contributed by atoms with van der Waals surface area (Å²) in [4.78, 5) is 15.1. The van der Waals surface area contributed by atoms with Crippen molar-refractivity contribution >= 4 is 17.2 Å². The zero-order valence-electron chi connectivity index (χ0n) is 13.9. The molecule has 1 amide bonds. The molecule has 2 heteroatoms. The van der Waals surface area contributed by atoms with Gasteiger partial charge in [0.1, 0.15) is 0 Å². The number of carbonyl (C=O) groups excluding carboxylic acids is 1. The normalized spacial score (nSPS) is 20.6. The summed E-state index contributed by atoms with van der Waals surface area (Å²) in [5, 5.41) is 0. The molecule has 1 atom stereocenters. The van der Waals surface area contributed by atoms with Gasteiger partial charge in [-0.1, -0.05) is 66.7 Å². The number of hydrogen-bond acceptors (Lipinski definition) is 1. The van der Waals surface area contributed by atoms with Gasteiger partial charge >= 0.3 is 0 Å². The molecule has 25 heavy (non-hydrogen) atoms. The van der Waals surface area contributed by atoms with Gasteiger partial charge in [-0.05, 0) is 41.8 Å². The average molecular weight is 323 g/mol. The first-order chi connectivity index (χ1) is 12.2. The molecule has 0 saturated carbocycles. The van der Waals surface area contributed by atoms with Gasteiger partial charge in [0, 0.05) is 11.1 Å². The number of fused-ring (bicyclic) bond motifs is 5. The maximum absolute atomic E-state index is 13.1. The van der Waals surface area contributed by atoms with Crippen molar-refractivity contribution in [3.63, 3.8) is 0 Å². The van der Waals surface area contributed by atoms with Crippen molar-refractivity contribution < 1.29 is 4.79 Å². The molecule has 0 bridgehead atoms. The lowest BCUT2D eigenvalue weighted by Gasteiger charge is -2.39. The number of rotatable bonds is 1. The average Bonchev–Trinajstić information content (AvgIpc) is 2.90. The van der Waals surface area contributed by atoms with Crippen molar-refractivity contribution in [2.24, 2.45) is 0 Å². The van der Waals surface area contributed by atoms with Gasteiger partial charge in [-0.3, -0.25) is 9.69 Å². The summed E-state index contributed by atoms with van der Waals surface area (Å²) >= 11 is 0. The van der Waals surface area contributed by atoms with Crippen LogP contribution in [0.4, 0.5) is 5.69 Å². The summed E-state index contributed by atoms with van der Waals surface area (Å²) < 4.78 is 0. The van der Waals surface area contributed by atoms with Gasteiger partial charge in [0.05, 0.1) is 11.2 Å². The van der Waals surface area contributed by atoms with Crippen LogP contribution < -0.4 is 4.90 Å². The molecule has 0 spiro atoms. The van der Waals surface area contributed by atoms with Crippen molar-refractivity contribution in [1.82, 2.24) is 0 Å². The summed E-state index contributed by atoms with van der Waals surface area (Å²) in [6, 6.07) is 26.5. The fourth-order valence-corrected chi connectivity index (χ4v) is 4.18. The molecule has 0 saturated heterocycles. The molecule has 2 aliphatic heterocycles. The van der Waals surface area contributed by atoms with Crippen LogP contribution in [0.1, 0.15) is 34.0 Å². The third-order valence-electron chi connectivity index (χ3n) is 5.32. The Morgan fingerprint density at radius 2 is 1.40 bits per heavy atom. The number of amides is 1. The van der Waals surface area contributed by atoms with Crippen molar-refractivity contribution in [2.45, 2.75) is 12.5 Å². The lowest BCUT2D eigenvalue weighted by Crippen LogP contribution is -2.42. The van der Waals surface area contributed by atoms with E-state index in [-0.39, 0.29) is 5.91 Å². The summed E-state index contributed by atoms with van der Waals surface area (Å²) in [5.74, 6) is 0.0777. The van der Waals surface area contributed by atoms with Gasteiger partial charge in [0.2, 0.25) is 0 Å². The second-order valence-electron chi connectivity index (χ2n) is 6.77. The minimum Gasteiger partial charge on any atom is -0.294 e. The summed E-state index contributed by atoms with van der Waals surface area (Å²) in [6.07, 6.45) is 2.24. The zero-order valence-corrected chi connectivity index (χ0v) is 13.9. The Hall–Kier alpha value is -3.13. The van der Waals surface area contributed by atoms with E-state index in [1.807, 2.05) is 47.4 Å². The lowest BCUT2D eigenvalue weighted by atomic mass is 9.82. The summed E-state index contributed by atoms with van der Waals surface area (Å²) in [7, 11) is 0. The number of hydrogen-bond donors (Lipinski definition) is 0. The fraction of sp³-hybridized carbons (Fsp3) is 0.0870. The Morgan fingerprint density at radius 3 is 2.20 bits per heavy atom. The largest absolute Gasteiger partial charge is 0.294 e. The molecule has 2 aliphatic rings. The van der Waals surface area contributed by atoms with E-state index in [2.05, 4.69) is 49.4 Å². The molecule has 0 N–H and O–H groups in total. The molecule has 2 heterocycles. The van der Waals surface area contributed by atoms with Gasteiger partial charge in [-0.2, -0.15) is 0 Å². The van der Waals surface area contributed by atoms with Crippen LogP contribution in [0.5, 0.6) is 0 Å². The van der Waals surface area contributed by atoms with E-state index in [9.17, 15) is 4.79 Å². The van der Waals surface area contributed by atoms with E-state index in [1.165, 1.54) is 11.1 Å². The highest BCUT2D eigenvalue weighted by Gasteiger charge is 2.48. The molecule has 120 valence electrons. The Morgan fingerprint density at radius 1 is 0.760 bits per heavy atom. The Labute approximate surface area is 147 Å². The molecule has 2 nitrogen and oxygen atoms in total. The minimum absolute atomic E-state index is 0.0777. The van der Waals surface area contributed by atoms with Crippen LogP contribution in [0.2, 0.25) is 0 Å². The molecular weight excluding hydrogens is 306 g/mol. The number of benzene rings is 3. The minimum atomic E-state index is -0.465. The van der Waals surface area contributed by atoms with Crippen molar-refractivity contribution in [2.75, 3.05) is 4.90 Å². The third-order valence-corrected chi connectivity index (χ3v) is 5.32.